The second kappa shape index (κ2) is 6.31. The molecular formula is C10H14FN3S. The Bertz CT molecular complexity index is 330. The van der Waals surface area contributed by atoms with Gasteiger partial charge in [0, 0.05) is 18.8 Å². The monoisotopic (exact) mass is 227 g/mol. The molecule has 0 aliphatic carbocycles. The number of nitrogens with two attached hydrogens (primary N) is 1. The van der Waals surface area contributed by atoms with E-state index in [0.29, 0.717) is 11.7 Å². The van der Waals surface area contributed by atoms with E-state index >= 15 is 0 Å². The third kappa shape index (κ3) is 3.81. The van der Waals surface area contributed by atoms with Gasteiger partial charge >= 0.3 is 0 Å². The number of thiocarbonyl (C=S) groups is 1. The first-order valence-electron chi connectivity index (χ1n) is 4.66. The van der Waals surface area contributed by atoms with E-state index in [1.165, 1.54) is 0 Å². The average Bonchev–Trinajstić information content (AvgIpc) is 2.27. The summed E-state index contributed by atoms with van der Waals surface area (Å²) >= 11 is 4.98. The molecule has 0 fully saturated rings. The number of nitrogens with one attached hydrogen (secondary N) is 2. The highest BCUT2D eigenvalue weighted by atomic mass is 32.1. The van der Waals surface area contributed by atoms with Crippen LogP contribution in [0.2, 0.25) is 0 Å². The third-order valence-corrected chi connectivity index (χ3v) is 2.11. The van der Waals surface area contributed by atoms with Crippen LogP contribution >= 0.6 is 12.2 Å². The fourth-order valence-corrected chi connectivity index (χ4v) is 1.36. The van der Waals surface area contributed by atoms with Gasteiger partial charge < -0.3 is 16.4 Å². The van der Waals surface area contributed by atoms with Crippen LogP contribution in [0.4, 0.5) is 10.1 Å². The number of halogens is 1. The minimum Gasteiger partial charge on any atom is -0.360 e. The van der Waals surface area contributed by atoms with Gasteiger partial charge in [0.2, 0.25) is 0 Å². The minimum absolute atomic E-state index is 0.219. The summed E-state index contributed by atoms with van der Waals surface area (Å²) in [5.74, 6) is 0. The van der Waals surface area contributed by atoms with Crippen LogP contribution in [-0.4, -0.2) is 18.3 Å². The number of hydrogen-bond donors (Lipinski definition) is 3. The number of hydrogen-bond acceptors (Lipinski definition) is 2. The van der Waals surface area contributed by atoms with Gasteiger partial charge in [-0.3, -0.25) is 0 Å². The van der Waals surface area contributed by atoms with Crippen LogP contribution in [-0.2, 0) is 6.54 Å². The van der Waals surface area contributed by atoms with Crippen LogP contribution < -0.4 is 16.4 Å². The molecule has 15 heavy (non-hydrogen) atoms. The van der Waals surface area contributed by atoms with Crippen molar-refractivity contribution in [2.45, 2.75) is 6.54 Å². The number of rotatable bonds is 4. The molecule has 1 rings (SSSR count). The molecule has 0 amide bonds. The Morgan fingerprint density at radius 3 is 2.80 bits per heavy atom. The molecule has 82 valence electrons. The molecule has 1 aromatic rings. The highest BCUT2D eigenvalue weighted by Crippen LogP contribution is 2.13. The molecule has 3 nitrogen and oxygen atoms in total. The first-order valence-corrected chi connectivity index (χ1v) is 5.07. The lowest BCUT2D eigenvalue weighted by atomic mass is 10.2. The van der Waals surface area contributed by atoms with Crippen molar-refractivity contribution in [3.05, 3.63) is 29.8 Å². The maximum absolute atomic E-state index is 11.9. The molecule has 0 aromatic heterocycles. The van der Waals surface area contributed by atoms with E-state index < -0.39 is 6.67 Å². The average molecular weight is 227 g/mol. The van der Waals surface area contributed by atoms with Gasteiger partial charge in [-0.05, 0) is 23.8 Å². The van der Waals surface area contributed by atoms with Gasteiger partial charge in [-0.1, -0.05) is 18.2 Å². The largest absolute Gasteiger partial charge is 0.360 e. The van der Waals surface area contributed by atoms with Crippen molar-refractivity contribution in [2.75, 3.05) is 18.5 Å². The van der Waals surface area contributed by atoms with Crippen LogP contribution in [0.1, 0.15) is 5.56 Å². The zero-order chi connectivity index (χ0) is 11.1. The summed E-state index contributed by atoms with van der Waals surface area (Å²) in [6, 6.07) is 7.59. The van der Waals surface area contributed by atoms with Gasteiger partial charge in [0.15, 0.2) is 5.11 Å². The van der Waals surface area contributed by atoms with Crippen molar-refractivity contribution in [2.24, 2.45) is 5.73 Å². The molecule has 4 N–H and O–H groups in total. The second-order valence-electron chi connectivity index (χ2n) is 2.93. The van der Waals surface area contributed by atoms with E-state index in [0.717, 1.165) is 11.3 Å². The Balaban J connectivity index is 2.59. The van der Waals surface area contributed by atoms with Gasteiger partial charge in [-0.2, -0.15) is 0 Å². The number of para-hydroxylation sites is 1. The molecule has 0 atom stereocenters. The number of benzene rings is 1. The maximum atomic E-state index is 11.9. The fourth-order valence-electron chi connectivity index (χ4n) is 1.15. The molecule has 0 saturated carbocycles. The van der Waals surface area contributed by atoms with Crippen LogP contribution in [0.3, 0.4) is 0 Å². The summed E-state index contributed by atoms with van der Waals surface area (Å²) < 4.78 is 11.9. The van der Waals surface area contributed by atoms with Crippen molar-refractivity contribution in [3.8, 4) is 0 Å². The highest BCUT2D eigenvalue weighted by Gasteiger charge is 2.01. The van der Waals surface area contributed by atoms with Crippen molar-refractivity contribution in [1.82, 2.24) is 5.32 Å². The lowest BCUT2D eigenvalue weighted by Crippen LogP contribution is -2.30. The Hall–Kier alpha value is -1.20. The van der Waals surface area contributed by atoms with E-state index in [1.54, 1.807) is 0 Å². The van der Waals surface area contributed by atoms with Gasteiger partial charge in [0.05, 0.1) is 0 Å². The Morgan fingerprint density at radius 2 is 2.13 bits per heavy atom. The molecule has 1 aromatic carbocycles. The van der Waals surface area contributed by atoms with Gasteiger partial charge in [0.25, 0.3) is 0 Å². The van der Waals surface area contributed by atoms with Crippen molar-refractivity contribution >= 4 is 23.0 Å². The van der Waals surface area contributed by atoms with E-state index in [2.05, 4.69) is 10.6 Å². The summed E-state index contributed by atoms with van der Waals surface area (Å²) in [5.41, 5.74) is 7.39. The molecule has 0 saturated heterocycles. The number of anilines is 1. The Labute approximate surface area is 93.9 Å². The Kier molecular flexibility index (Phi) is 5.00. The van der Waals surface area contributed by atoms with Crippen molar-refractivity contribution < 1.29 is 4.39 Å². The molecule has 0 aliphatic rings. The lowest BCUT2D eigenvalue weighted by molar-refractivity contribution is 0.492. The maximum Gasteiger partial charge on any atom is 0.170 e. The SMILES string of the molecule is NCc1ccccc1NC(=S)NCCF. The highest BCUT2D eigenvalue weighted by molar-refractivity contribution is 7.80. The summed E-state index contributed by atoms with van der Waals surface area (Å²) in [6.45, 7) is 0.214. The van der Waals surface area contributed by atoms with Crippen molar-refractivity contribution in [1.29, 1.82) is 0 Å². The summed E-state index contributed by atoms with van der Waals surface area (Å²) in [6.07, 6.45) is 0. The topological polar surface area (TPSA) is 50.1 Å². The zero-order valence-corrected chi connectivity index (χ0v) is 9.11. The first kappa shape index (κ1) is 11.9. The summed E-state index contributed by atoms with van der Waals surface area (Å²) in [7, 11) is 0. The zero-order valence-electron chi connectivity index (χ0n) is 8.29. The summed E-state index contributed by atoms with van der Waals surface area (Å²) in [5, 5.41) is 6.12. The first-order chi connectivity index (χ1) is 7.27. The molecule has 0 bridgehead atoms. The quantitative estimate of drug-likeness (QED) is 0.681. The van der Waals surface area contributed by atoms with Crippen LogP contribution in [0.15, 0.2) is 24.3 Å². The van der Waals surface area contributed by atoms with E-state index in [-0.39, 0.29) is 6.54 Å². The van der Waals surface area contributed by atoms with Crippen molar-refractivity contribution in [3.63, 3.8) is 0 Å². The molecule has 5 heteroatoms. The number of alkyl halides is 1. The van der Waals surface area contributed by atoms with Crippen LogP contribution in [0.5, 0.6) is 0 Å². The molecular weight excluding hydrogens is 213 g/mol. The van der Waals surface area contributed by atoms with E-state index in [9.17, 15) is 4.39 Å². The standard InChI is InChI=1S/C10H14FN3S/c11-5-6-13-10(15)14-9-4-2-1-3-8(9)7-12/h1-4H,5-7,12H2,(H2,13,14,15). The molecule has 0 heterocycles. The third-order valence-electron chi connectivity index (χ3n) is 1.87. The molecule has 0 aliphatic heterocycles. The predicted octanol–water partition coefficient (Wildman–Crippen LogP) is 1.40. The Morgan fingerprint density at radius 1 is 1.40 bits per heavy atom. The minimum atomic E-state index is -0.444. The molecule has 0 radical (unpaired) electrons. The normalized spacial score (nSPS) is 9.73. The summed E-state index contributed by atoms with van der Waals surface area (Å²) in [4.78, 5) is 0. The van der Waals surface area contributed by atoms with Crippen LogP contribution in [0.25, 0.3) is 0 Å². The molecule has 0 spiro atoms. The van der Waals surface area contributed by atoms with E-state index in [1.807, 2.05) is 24.3 Å². The van der Waals surface area contributed by atoms with Crippen LogP contribution in [0, 0.1) is 0 Å². The van der Waals surface area contributed by atoms with Gasteiger partial charge in [-0.15, -0.1) is 0 Å². The van der Waals surface area contributed by atoms with E-state index in [4.69, 9.17) is 18.0 Å². The lowest BCUT2D eigenvalue weighted by Gasteiger charge is -2.12. The van der Waals surface area contributed by atoms with Gasteiger partial charge in [0.1, 0.15) is 6.67 Å². The molecule has 0 unspecified atom stereocenters. The second-order valence-corrected chi connectivity index (χ2v) is 3.34. The predicted molar refractivity (Wildman–Crippen MR) is 64.5 cm³/mol. The fraction of sp³-hybridized carbons (Fsp3) is 0.300. The smallest absolute Gasteiger partial charge is 0.170 e. The van der Waals surface area contributed by atoms with Gasteiger partial charge in [-0.25, -0.2) is 4.39 Å².